The van der Waals surface area contributed by atoms with Crippen LogP contribution >= 0.6 is 11.3 Å². The van der Waals surface area contributed by atoms with E-state index >= 15 is 0 Å². The van der Waals surface area contributed by atoms with Crippen molar-refractivity contribution in [1.82, 2.24) is 10.3 Å². The third-order valence-electron chi connectivity index (χ3n) is 3.31. The number of aromatic nitrogens is 1. The molecule has 2 amide bonds. The van der Waals surface area contributed by atoms with Gasteiger partial charge in [0.2, 0.25) is 0 Å². The number of rotatable bonds is 6. The summed E-state index contributed by atoms with van der Waals surface area (Å²) in [5.41, 5.74) is 0.540. The maximum atomic E-state index is 12.9. The molecular formula is C16H20FN3O2S. The van der Waals surface area contributed by atoms with Gasteiger partial charge in [-0.15, -0.1) is 11.3 Å². The SMILES string of the molecule is CCCc1cnc(NC(=O)NC(C)C(O)c2ccc(F)cc2)s1. The first kappa shape index (κ1) is 17.4. The van der Waals surface area contributed by atoms with Gasteiger partial charge in [0.15, 0.2) is 5.13 Å². The molecule has 0 saturated carbocycles. The number of urea groups is 1. The van der Waals surface area contributed by atoms with E-state index in [4.69, 9.17) is 0 Å². The van der Waals surface area contributed by atoms with Crippen molar-refractivity contribution in [3.05, 3.63) is 46.7 Å². The smallest absolute Gasteiger partial charge is 0.321 e. The van der Waals surface area contributed by atoms with Gasteiger partial charge in [-0.25, -0.2) is 14.2 Å². The number of aryl methyl sites for hydroxylation is 1. The Labute approximate surface area is 138 Å². The minimum absolute atomic E-state index is 0.369. The van der Waals surface area contributed by atoms with E-state index in [0.717, 1.165) is 17.7 Å². The van der Waals surface area contributed by atoms with Crippen LogP contribution in [0.4, 0.5) is 14.3 Å². The van der Waals surface area contributed by atoms with Crippen molar-refractivity contribution >= 4 is 22.5 Å². The van der Waals surface area contributed by atoms with Gasteiger partial charge in [0, 0.05) is 11.1 Å². The van der Waals surface area contributed by atoms with Crippen LogP contribution in [0.15, 0.2) is 30.5 Å². The van der Waals surface area contributed by atoms with Crippen LogP contribution in [-0.2, 0) is 6.42 Å². The molecule has 0 aliphatic heterocycles. The highest BCUT2D eigenvalue weighted by atomic mass is 32.1. The fourth-order valence-corrected chi connectivity index (χ4v) is 3.00. The van der Waals surface area contributed by atoms with E-state index in [0.29, 0.717) is 10.7 Å². The standard InChI is InChI=1S/C16H20FN3O2S/c1-3-4-13-9-18-16(23-13)20-15(22)19-10(2)14(21)11-5-7-12(17)8-6-11/h5-10,14,21H,3-4H2,1-2H3,(H2,18,19,20,22). The van der Waals surface area contributed by atoms with E-state index in [9.17, 15) is 14.3 Å². The molecule has 1 heterocycles. The van der Waals surface area contributed by atoms with Crippen molar-refractivity contribution in [1.29, 1.82) is 0 Å². The Hall–Kier alpha value is -1.99. The van der Waals surface area contributed by atoms with E-state index < -0.39 is 18.2 Å². The molecule has 1 aromatic carbocycles. The summed E-state index contributed by atoms with van der Waals surface area (Å²) in [5.74, 6) is -0.369. The molecule has 0 aliphatic carbocycles. The van der Waals surface area contributed by atoms with Crippen molar-refractivity contribution in [3.8, 4) is 0 Å². The molecule has 7 heteroatoms. The molecule has 3 N–H and O–H groups in total. The first-order valence-corrected chi connectivity index (χ1v) is 8.27. The number of aliphatic hydroxyl groups excluding tert-OH is 1. The Morgan fingerprint density at radius 3 is 2.74 bits per heavy atom. The minimum Gasteiger partial charge on any atom is -0.386 e. The zero-order valence-electron chi connectivity index (χ0n) is 13.0. The summed E-state index contributed by atoms with van der Waals surface area (Å²) in [6.45, 7) is 3.76. The Bertz CT molecular complexity index is 645. The fourth-order valence-electron chi connectivity index (χ4n) is 2.09. The number of carbonyl (C=O) groups is 1. The molecular weight excluding hydrogens is 317 g/mol. The number of carbonyl (C=O) groups excluding carboxylic acids is 1. The van der Waals surface area contributed by atoms with Crippen LogP contribution in [-0.4, -0.2) is 22.2 Å². The monoisotopic (exact) mass is 337 g/mol. The van der Waals surface area contributed by atoms with E-state index in [1.54, 1.807) is 13.1 Å². The lowest BCUT2D eigenvalue weighted by molar-refractivity contribution is 0.139. The largest absolute Gasteiger partial charge is 0.386 e. The summed E-state index contributed by atoms with van der Waals surface area (Å²) in [4.78, 5) is 17.2. The van der Waals surface area contributed by atoms with Crippen molar-refractivity contribution in [2.24, 2.45) is 0 Å². The molecule has 0 aliphatic rings. The Morgan fingerprint density at radius 1 is 1.39 bits per heavy atom. The van der Waals surface area contributed by atoms with Crippen LogP contribution in [0.5, 0.6) is 0 Å². The number of thiazole rings is 1. The van der Waals surface area contributed by atoms with Gasteiger partial charge < -0.3 is 10.4 Å². The first-order chi connectivity index (χ1) is 11.0. The van der Waals surface area contributed by atoms with E-state index in [-0.39, 0.29) is 5.82 Å². The van der Waals surface area contributed by atoms with Crippen LogP contribution in [0.25, 0.3) is 0 Å². The lowest BCUT2D eigenvalue weighted by Gasteiger charge is -2.20. The number of amides is 2. The first-order valence-electron chi connectivity index (χ1n) is 7.45. The van der Waals surface area contributed by atoms with E-state index in [1.165, 1.54) is 35.6 Å². The summed E-state index contributed by atoms with van der Waals surface area (Å²) >= 11 is 1.43. The number of hydrogen-bond acceptors (Lipinski definition) is 4. The molecule has 124 valence electrons. The molecule has 1 aromatic heterocycles. The number of benzene rings is 1. The Balaban J connectivity index is 1.89. The third kappa shape index (κ3) is 5.01. The maximum absolute atomic E-state index is 12.9. The summed E-state index contributed by atoms with van der Waals surface area (Å²) in [5, 5.41) is 16.0. The average Bonchev–Trinajstić information content (AvgIpc) is 2.94. The van der Waals surface area contributed by atoms with Gasteiger partial charge in [0.05, 0.1) is 12.1 Å². The Kier molecular flexibility index (Phi) is 6.06. The van der Waals surface area contributed by atoms with Crippen molar-refractivity contribution in [2.75, 3.05) is 5.32 Å². The summed E-state index contributed by atoms with van der Waals surface area (Å²) in [7, 11) is 0. The molecule has 2 atom stereocenters. The highest BCUT2D eigenvalue weighted by Gasteiger charge is 2.19. The highest BCUT2D eigenvalue weighted by Crippen LogP contribution is 2.20. The summed E-state index contributed by atoms with van der Waals surface area (Å²) in [6, 6.07) is 4.57. The third-order valence-corrected chi connectivity index (χ3v) is 4.29. The van der Waals surface area contributed by atoms with Gasteiger partial charge in [-0.05, 0) is 31.0 Å². The molecule has 0 spiro atoms. The molecule has 23 heavy (non-hydrogen) atoms. The molecule has 5 nitrogen and oxygen atoms in total. The van der Waals surface area contributed by atoms with Gasteiger partial charge >= 0.3 is 6.03 Å². The fraction of sp³-hybridized carbons (Fsp3) is 0.375. The van der Waals surface area contributed by atoms with Crippen molar-refractivity contribution in [3.63, 3.8) is 0 Å². The van der Waals surface area contributed by atoms with Crippen molar-refractivity contribution < 1.29 is 14.3 Å². The van der Waals surface area contributed by atoms with Crippen LogP contribution in [0, 0.1) is 5.82 Å². The van der Waals surface area contributed by atoms with Gasteiger partial charge in [0.1, 0.15) is 5.82 Å². The quantitative estimate of drug-likeness (QED) is 0.755. The molecule has 0 saturated heterocycles. The molecule has 2 aromatic rings. The average molecular weight is 337 g/mol. The van der Waals surface area contributed by atoms with Crippen molar-refractivity contribution in [2.45, 2.75) is 38.8 Å². The minimum atomic E-state index is -0.923. The highest BCUT2D eigenvalue weighted by molar-refractivity contribution is 7.15. The van der Waals surface area contributed by atoms with Gasteiger partial charge in [-0.2, -0.15) is 0 Å². The second-order valence-corrected chi connectivity index (χ2v) is 6.38. The number of hydrogen-bond donors (Lipinski definition) is 3. The predicted octanol–water partition coefficient (Wildman–Crippen LogP) is 3.48. The lowest BCUT2D eigenvalue weighted by atomic mass is 10.0. The number of nitrogens with zero attached hydrogens (tertiary/aromatic N) is 1. The van der Waals surface area contributed by atoms with E-state index in [1.807, 2.05) is 0 Å². The second-order valence-electron chi connectivity index (χ2n) is 5.27. The van der Waals surface area contributed by atoms with Crippen LogP contribution in [0.3, 0.4) is 0 Å². The molecule has 0 fully saturated rings. The van der Waals surface area contributed by atoms with Gasteiger partial charge in [0.25, 0.3) is 0 Å². The number of anilines is 1. The topological polar surface area (TPSA) is 74.2 Å². The Morgan fingerprint density at radius 2 is 2.09 bits per heavy atom. The summed E-state index contributed by atoms with van der Waals surface area (Å²) in [6.07, 6.45) is 2.78. The molecule has 0 radical (unpaired) electrons. The van der Waals surface area contributed by atoms with Crippen LogP contribution in [0.1, 0.15) is 36.8 Å². The van der Waals surface area contributed by atoms with Gasteiger partial charge in [-0.3, -0.25) is 5.32 Å². The van der Waals surface area contributed by atoms with E-state index in [2.05, 4.69) is 22.5 Å². The number of nitrogens with one attached hydrogen (secondary N) is 2. The van der Waals surface area contributed by atoms with Gasteiger partial charge in [-0.1, -0.05) is 25.5 Å². The molecule has 0 bridgehead atoms. The molecule has 2 unspecified atom stereocenters. The zero-order valence-corrected chi connectivity index (χ0v) is 13.9. The maximum Gasteiger partial charge on any atom is 0.321 e. The van der Waals surface area contributed by atoms with Crippen LogP contribution in [0.2, 0.25) is 0 Å². The number of aliphatic hydroxyl groups is 1. The predicted molar refractivity (Wildman–Crippen MR) is 89.1 cm³/mol. The second kappa shape index (κ2) is 8.03. The molecule has 2 rings (SSSR count). The normalized spacial score (nSPS) is 13.4. The van der Waals surface area contributed by atoms with Crippen LogP contribution < -0.4 is 10.6 Å². The lowest BCUT2D eigenvalue weighted by Crippen LogP contribution is -2.39. The summed E-state index contributed by atoms with van der Waals surface area (Å²) < 4.78 is 12.9. The zero-order chi connectivity index (χ0) is 16.8. The number of halogens is 1.